The molecule has 0 unspecified atom stereocenters. The molecule has 0 atom stereocenters. The molecule has 1 heterocycles. The highest BCUT2D eigenvalue weighted by Gasteiger charge is 2.14. The Morgan fingerprint density at radius 1 is 0.900 bits per heavy atom. The number of hydrogen-bond donors (Lipinski definition) is 1. The molecule has 0 aliphatic heterocycles. The maximum atomic E-state index is 6.20. The molecule has 2 N–H and O–H groups in total. The van der Waals surface area contributed by atoms with E-state index in [4.69, 9.17) is 28.9 Å². The molecule has 0 spiro atoms. The van der Waals surface area contributed by atoms with E-state index in [1.54, 1.807) is 28.9 Å². The van der Waals surface area contributed by atoms with Crippen molar-refractivity contribution in [3.8, 4) is 16.9 Å². The van der Waals surface area contributed by atoms with E-state index >= 15 is 0 Å². The molecule has 3 aromatic rings. The second-order valence-electron chi connectivity index (χ2n) is 4.30. The zero-order chi connectivity index (χ0) is 14.1. The van der Waals surface area contributed by atoms with E-state index in [0.717, 1.165) is 5.69 Å². The predicted octanol–water partition coefficient (Wildman–Crippen LogP) is 4.43. The summed E-state index contributed by atoms with van der Waals surface area (Å²) in [6.07, 6.45) is 0. The Hall–Kier alpha value is -1.97. The Kier molecular flexibility index (Phi) is 3.38. The van der Waals surface area contributed by atoms with Crippen molar-refractivity contribution >= 4 is 29.0 Å². The van der Waals surface area contributed by atoms with E-state index in [1.807, 2.05) is 30.3 Å². The largest absolute Gasteiger partial charge is 0.384 e. The Bertz CT molecular complexity index is 731. The highest BCUT2D eigenvalue weighted by Crippen LogP contribution is 2.34. The van der Waals surface area contributed by atoms with E-state index < -0.39 is 0 Å². The number of nitrogens with two attached hydrogens (primary N) is 1. The summed E-state index contributed by atoms with van der Waals surface area (Å²) in [6, 6.07) is 16.8. The third-order valence-corrected chi connectivity index (χ3v) is 3.59. The van der Waals surface area contributed by atoms with Gasteiger partial charge in [0.25, 0.3) is 0 Å². The molecule has 0 aliphatic carbocycles. The summed E-state index contributed by atoms with van der Waals surface area (Å²) in [7, 11) is 0. The van der Waals surface area contributed by atoms with Crippen LogP contribution in [0, 0.1) is 0 Å². The van der Waals surface area contributed by atoms with E-state index in [-0.39, 0.29) is 0 Å². The molecule has 2 aromatic carbocycles. The van der Waals surface area contributed by atoms with Crippen LogP contribution in [0.15, 0.2) is 54.6 Å². The van der Waals surface area contributed by atoms with Gasteiger partial charge in [0, 0.05) is 11.6 Å². The predicted molar refractivity (Wildman–Crippen MR) is 83.4 cm³/mol. The smallest absolute Gasteiger partial charge is 0.127 e. The van der Waals surface area contributed by atoms with Crippen molar-refractivity contribution in [2.45, 2.75) is 0 Å². The number of benzene rings is 2. The molecular formula is C15H11Cl2N3. The fourth-order valence-electron chi connectivity index (χ4n) is 2.04. The van der Waals surface area contributed by atoms with Crippen LogP contribution in [-0.2, 0) is 0 Å². The van der Waals surface area contributed by atoms with Crippen molar-refractivity contribution < 1.29 is 0 Å². The van der Waals surface area contributed by atoms with Gasteiger partial charge in [0.05, 0.1) is 21.4 Å². The van der Waals surface area contributed by atoms with Gasteiger partial charge in [-0.25, -0.2) is 4.68 Å². The number of aromatic nitrogens is 2. The third kappa shape index (κ3) is 2.26. The number of halogens is 2. The number of nitrogen functional groups attached to an aromatic ring is 1. The van der Waals surface area contributed by atoms with Gasteiger partial charge in [0.2, 0.25) is 0 Å². The van der Waals surface area contributed by atoms with Crippen LogP contribution in [0.2, 0.25) is 10.0 Å². The van der Waals surface area contributed by atoms with Gasteiger partial charge >= 0.3 is 0 Å². The van der Waals surface area contributed by atoms with Crippen molar-refractivity contribution in [3.05, 3.63) is 64.6 Å². The van der Waals surface area contributed by atoms with E-state index in [1.165, 1.54) is 0 Å². The SMILES string of the molecule is Nc1cc(-c2c(Cl)cccc2Cl)nn1-c1ccccc1. The maximum absolute atomic E-state index is 6.20. The first-order valence-electron chi connectivity index (χ1n) is 6.02. The highest BCUT2D eigenvalue weighted by molar-refractivity contribution is 6.39. The lowest BCUT2D eigenvalue weighted by atomic mass is 10.1. The molecule has 3 rings (SSSR count). The van der Waals surface area contributed by atoms with E-state index in [9.17, 15) is 0 Å². The topological polar surface area (TPSA) is 43.8 Å². The summed E-state index contributed by atoms with van der Waals surface area (Å²) in [6.45, 7) is 0. The van der Waals surface area contributed by atoms with Crippen molar-refractivity contribution in [2.75, 3.05) is 5.73 Å². The minimum Gasteiger partial charge on any atom is -0.384 e. The van der Waals surface area contributed by atoms with Gasteiger partial charge in [-0.2, -0.15) is 5.10 Å². The Morgan fingerprint density at radius 2 is 1.55 bits per heavy atom. The average molecular weight is 304 g/mol. The summed E-state index contributed by atoms with van der Waals surface area (Å²) >= 11 is 12.4. The quantitative estimate of drug-likeness (QED) is 0.761. The standard InChI is InChI=1S/C15H11Cl2N3/c16-11-7-4-8-12(17)15(11)13-9-14(18)20(19-13)10-5-2-1-3-6-10/h1-9H,18H2. The Balaban J connectivity index is 2.15. The molecule has 0 aliphatic rings. The maximum Gasteiger partial charge on any atom is 0.127 e. The molecule has 100 valence electrons. The number of nitrogens with zero attached hydrogens (tertiary/aromatic N) is 2. The van der Waals surface area contributed by atoms with Gasteiger partial charge < -0.3 is 5.73 Å². The van der Waals surface area contributed by atoms with Crippen molar-refractivity contribution in [3.63, 3.8) is 0 Å². The number of rotatable bonds is 2. The number of hydrogen-bond acceptors (Lipinski definition) is 2. The van der Waals surface area contributed by atoms with Gasteiger partial charge in [-0.05, 0) is 24.3 Å². The first-order valence-corrected chi connectivity index (χ1v) is 6.78. The minimum absolute atomic E-state index is 0.530. The number of anilines is 1. The summed E-state index contributed by atoms with van der Waals surface area (Å²) in [5.41, 5.74) is 8.26. The number of para-hydroxylation sites is 1. The van der Waals surface area contributed by atoms with Crippen LogP contribution >= 0.6 is 23.2 Å². The normalized spacial score (nSPS) is 10.7. The van der Waals surface area contributed by atoms with Crippen LogP contribution in [-0.4, -0.2) is 9.78 Å². The highest BCUT2D eigenvalue weighted by atomic mass is 35.5. The summed E-state index contributed by atoms with van der Waals surface area (Å²) < 4.78 is 1.66. The second kappa shape index (κ2) is 5.19. The summed E-state index contributed by atoms with van der Waals surface area (Å²) in [5, 5.41) is 5.60. The summed E-state index contributed by atoms with van der Waals surface area (Å²) in [5.74, 6) is 0.530. The van der Waals surface area contributed by atoms with Crippen LogP contribution < -0.4 is 5.73 Å². The van der Waals surface area contributed by atoms with Gasteiger partial charge in [-0.15, -0.1) is 0 Å². The van der Waals surface area contributed by atoms with Gasteiger partial charge in [-0.3, -0.25) is 0 Å². The van der Waals surface area contributed by atoms with Crippen molar-refractivity contribution in [1.82, 2.24) is 9.78 Å². The first kappa shape index (κ1) is 13.0. The van der Waals surface area contributed by atoms with Crippen molar-refractivity contribution in [1.29, 1.82) is 0 Å². The lowest BCUT2D eigenvalue weighted by Crippen LogP contribution is -2.01. The molecular weight excluding hydrogens is 293 g/mol. The van der Waals surface area contributed by atoms with E-state index in [0.29, 0.717) is 27.1 Å². The summed E-state index contributed by atoms with van der Waals surface area (Å²) in [4.78, 5) is 0. The third-order valence-electron chi connectivity index (χ3n) is 2.96. The second-order valence-corrected chi connectivity index (χ2v) is 5.11. The molecule has 20 heavy (non-hydrogen) atoms. The monoisotopic (exact) mass is 303 g/mol. The fraction of sp³-hybridized carbons (Fsp3) is 0. The lowest BCUT2D eigenvalue weighted by Gasteiger charge is -2.04. The van der Waals surface area contributed by atoms with Crippen LogP contribution in [0.25, 0.3) is 16.9 Å². The van der Waals surface area contributed by atoms with Crippen molar-refractivity contribution in [2.24, 2.45) is 0 Å². The van der Waals surface area contributed by atoms with E-state index in [2.05, 4.69) is 5.10 Å². The molecule has 0 saturated carbocycles. The van der Waals surface area contributed by atoms with Crippen LogP contribution in [0.3, 0.4) is 0 Å². The zero-order valence-corrected chi connectivity index (χ0v) is 11.9. The lowest BCUT2D eigenvalue weighted by molar-refractivity contribution is 0.895. The van der Waals surface area contributed by atoms with Gasteiger partial charge in [-0.1, -0.05) is 47.5 Å². The van der Waals surface area contributed by atoms with Gasteiger partial charge in [0.15, 0.2) is 0 Å². The molecule has 0 radical (unpaired) electrons. The molecule has 0 bridgehead atoms. The fourth-order valence-corrected chi connectivity index (χ4v) is 2.63. The van der Waals surface area contributed by atoms with Crippen LogP contribution in [0.4, 0.5) is 5.82 Å². The zero-order valence-electron chi connectivity index (χ0n) is 10.4. The Labute approximate surface area is 126 Å². The van der Waals surface area contributed by atoms with Crippen LogP contribution in [0.5, 0.6) is 0 Å². The molecule has 0 fully saturated rings. The first-order chi connectivity index (χ1) is 9.66. The molecule has 1 aromatic heterocycles. The Morgan fingerprint density at radius 3 is 2.20 bits per heavy atom. The molecule has 0 saturated heterocycles. The molecule has 5 heteroatoms. The van der Waals surface area contributed by atoms with Gasteiger partial charge in [0.1, 0.15) is 5.82 Å². The molecule has 0 amide bonds. The molecule has 3 nitrogen and oxygen atoms in total. The van der Waals surface area contributed by atoms with Crippen LogP contribution in [0.1, 0.15) is 0 Å². The average Bonchev–Trinajstić information content (AvgIpc) is 2.81. The minimum atomic E-state index is 0.530.